The van der Waals surface area contributed by atoms with Crippen LogP contribution in [0.3, 0.4) is 0 Å². The van der Waals surface area contributed by atoms with Crippen molar-refractivity contribution in [3.63, 3.8) is 0 Å². The fourth-order valence-electron chi connectivity index (χ4n) is 2.70. The van der Waals surface area contributed by atoms with Crippen molar-refractivity contribution in [1.82, 2.24) is 15.5 Å². The van der Waals surface area contributed by atoms with E-state index in [0.717, 1.165) is 37.3 Å². The van der Waals surface area contributed by atoms with Crippen LogP contribution in [0.4, 0.5) is 0 Å². The second-order valence-electron chi connectivity index (χ2n) is 5.69. The number of H-pyrrole nitrogens is 1. The fourth-order valence-corrected chi connectivity index (χ4v) is 4.57. The van der Waals surface area contributed by atoms with E-state index >= 15 is 0 Å². The summed E-state index contributed by atoms with van der Waals surface area (Å²) in [4.78, 5) is 13.7. The molecule has 0 radical (unpaired) electrons. The SMILES string of the molecule is O=C(NC(c1sccc1Cl)C1CC1)c1ccc2n[nH]c(I)c2c1. The molecule has 0 aliphatic heterocycles. The summed E-state index contributed by atoms with van der Waals surface area (Å²) in [5, 5.41) is 14.0. The van der Waals surface area contributed by atoms with Crippen molar-refractivity contribution in [3.05, 3.63) is 48.8 Å². The van der Waals surface area contributed by atoms with Crippen molar-refractivity contribution in [2.24, 2.45) is 5.92 Å². The summed E-state index contributed by atoms with van der Waals surface area (Å²) in [6, 6.07) is 7.47. The number of aromatic nitrogens is 2. The maximum absolute atomic E-state index is 12.7. The number of aromatic amines is 1. The molecule has 3 aromatic rings. The number of thiophene rings is 1. The molecule has 1 amide bonds. The summed E-state index contributed by atoms with van der Waals surface area (Å²) in [6.07, 6.45) is 2.27. The average Bonchev–Trinajstić information content (AvgIpc) is 3.21. The highest BCUT2D eigenvalue weighted by Crippen LogP contribution is 2.44. The topological polar surface area (TPSA) is 57.8 Å². The molecular formula is C16H13ClIN3OS. The predicted molar refractivity (Wildman–Crippen MR) is 101 cm³/mol. The van der Waals surface area contributed by atoms with Gasteiger partial charge in [0.05, 0.1) is 16.6 Å². The van der Waals surface area contributed by atoms with Gasteiger partial charge in [0.25, 0.3) is 5.91 Å². The molecular weight excluding hydrogens is 445 g/mol. The van der Waals surface area contributed by atoms with Crippen molar-refractivity contribution in [2.75, 3.05) is 0 Å². The number of halogens is 2. The number of carbonyl (C=O) groups is 1. The third-order valence-corrected chi connectivity index (χ3v) is 6.34. The van der Waals surface area contributed by atoms with Crippen molar-refractivity contribution >= 4 is 62.3 Å². The van der Waals surface area contributed by atoms with Gasteiger partial charge in [-0.2, -0.15) is 5.10 Å². The lowest BCUT2D eigenvalue weighted by Gasteiger charge is -2.17. The minimum atomic E-state index is -0.0646. The van der Waals surface area contributed by atoms with Gasteiger partial charge in [-0.15, -0.1) is 11.3 Å². The molecule has 118 valence electrons. The number of amides is 1. The van der Waals surface area contributed by atoms with Crippen LogP contribution < -0.4 is 5.32 Å². The molecule has 1 atom stereocenters. The molecule has 1 aliphatic rings. The van der Waals surface area contributed by atoms with Crippen molar-refractivity contribution in [3.8, 4) is 0 Å². The minimum absolute atomic E-state index is 0.00844. The van der Waals surface area contributed by atoms with E-state index in [1.807, 2.05) is 29.6 Å². The summed E-state index contributed by atoms with van der Waals surface area (Å²) < 4.78 is 0.937. The molecule has 0 bridgehead atoms. The number of hydrogen-bond acceptors (Lipinski definition) is 3. The van der Waals surface area contributed by atoms with Crippen LogP contribution in [0.2, 0.25) is 5.02 Å². The number of nitrogens with zero attached hydrogens (tertiary/aromatic N) is 1. The van der Waals surface area contributed by atoms with Gasteiger partial charge in [-0.1, -0.05) is 11.6 Å². The first kappa shape index (κ1) is 15.4. The quantitative estimate of drug-likeness (QED) is 0.555. The second kappa shape index (κ2) is 6.07. The zero-order chi connectivity index (χ0) is 16.0. The highest BCUT2D eigenvalue weighted by Gasteiger charge is 2.35. The lowest BCUT2D eigenvalue weighted by Crippen LogP contribution is -2.29. The first-order chi connectivity index (χ1) is 11.1. The molecule has 4 nitrogen and oxygen atoms in total. The van der Waals surface area contributed by atoms with Gasteiger partial charge in [-0.05, 0) is 71.0 Å². The van der Waals surface area contributed by atoms with Gasteiger partial charge in [0.2, 0.25) is 0 Å². The van der Waals surface area contributed by atoms with Crippen molar-refractivity contribution in [2.45, 2.75) is 18.9 Å². The number of benzene rings is 1. The largest absolute Gasteiger partial charge is 0.344 e. The van der Waals surface area contributed by atoms with Gasteiger partial charge < -0.3 is 5.32 Å². The van der Waals surface area contributed by atoms with E-state index in [-0.39, 0.29) is 11.9 Å². The summed E-state index contributed by atoms with van der Waals surface area (Å²) in [6.45, 7) is 0. The Morgan fingerprint density at radius 3 is 2.96 bits per heavy atom. The number of hydrogen-bond donors (Lipinski definition) is 2. The molecule has 1 aromatic carbocycles. The Kier molecular flexibility index (Phi) is 4.07. The maximum Gasteiger partial charge on any atom is 0.251 e. The van der Waals surface area contributed by atoms with Gasteiger partial charge in [-0.25, -0.2) is 0 Å². The van der Waals surface area contributed by atoms with Gasteiger partial charge in [-0.3, -0.25) is 9.89 Å². The number of nitrogens with one attached hydrogen (secondary N) is 2. The van der Waals surface area contributed by atoms with Gasteiger partial charge >= 0.3 is 0 Å². The Hall–Kier alpha value is -1.12. The van der Waals surface area contributed by atoms with E-state index in [2.05, 4.69) is 38.1 Å². The Balaban J connectivity index is 1.62. The molecule has 7 heteroatoms. The van der Waals surface area contributed by atoms with Crippen LogP contribution in [0.1, 0.15) is 34.1 Å². The van der Waals surface area contributed by atoms with Gasteiger partial charge in [0.1, 0.15) is 3.70 Å². The number of carbonyl (C=O) groups excluding carboxylic acids is 1. The summed E-state index contributed by atoms with van der Waals surface area (Å²) >= 11 is 10.1. The molecule has 4 rings (SSSR count). The fraction of sp³-hybridized carbons (Fsp3) is 0.250. The lowest BCUT2D eigenvalue weighted by atomic mass is 10.1. The van der Waals surface area contributed by atoms with E-state index < -0.39 is 0 Å². The smallest absolute Gasteiger partial charge is 0.251 e. The van der Waals surface area contributed by atoms with Crippen LogP contribution in [-0.4, -0.2) is 16.1 Å². The first-order valence-corrected chi connectivity index (χ1v) is 9.64. The summed E-state index contributed by atoms with van der Waals surface area (Å²) in [5.41, 5.74) is 1.51. The Morgan fingerprint density at radius 2 is 2.26 bits per heavy atom. The van der Waals surface area contributed by atoms with Crippen LogP contribution >= 0.6 is 45.5 Å². The van der Waals surface area contributed by atoms with Crippen LogP contribution in [0, 0.1) is 9.62 Å². The van der Waals surface area contributed by atoms with E-state index in [4.69, 9.17) is 11.6 Å². The molecule has 2 N–H and O–H groups in total. The van der Waals surface area contributed by atoms with Crippen LogP contribution in [0.15, 0.2) is 29.6 Å². The monoisotopic (exact) mass is 457 g/mol. The van der Waals surface area contributed by atoms with E-state index in [9.17, 15) is 4.79 Å². The Bertz CT molecular complexity index is 886. The third kappa shape index (κ3) is 2.99. The number of fused-ring (bicyclic) bond motifs is 1. The normalized spacial score (nSPS) is 15.7. The molecule has 1 saturated carbocycles. The number of rotatable bonds is 4. The van der Waals surface area contributed by atoms with Crippen molar-refractivity contribution < 1.29 is 4.79 Å². The van der Waals surface area contributed by atoms with Crippen LogP contribution in [0.5, 0.6) is 0 Å². The standard InChI is InChI=1S/C16H13ClIN3OS/c17-11-5-6-23-14(11)13(8-1-2-8)19-16(22)9-3-4-12-10(7-9)15(18)21-20-12/h3-8,13H,1-2H2,(H,19,22)(H,20,21). The molecule has 23 heavy (non-hydrogen) atoms. The molecule has 0 saturated heterocycles. The van der Waals surface area contributed by atoms with E-state index in [1.165, 1.54) is 0 Å². The second-order valence-corrected chi connectivity index (χ2v) is 8.12. The zero-order valence-corrected chi connectivity index (χ0v) is 15.7. The molecule has 1 fully saturated rings. The maximum atomic E-state index is 12.7. The Labute approximate surface area is 155 Å². The third-order valence-electron chi connectivity index (χ3n) is 4.08. The predicted octanol–water partition coefficient (Wildman–Crippen LogP) is 4.76. The zero-order valence-electron chi connectivity index (χ0n) is 12.0. The minimum Gasteiger partial charge on any atom is -0.344 e. The highest BCUT2D eigenvalue weighted by molar-refractivity contribution is 14.1. The van der Waals surface area contributed by atoms with Crippen LogP contribution in [-0.2, 0) is 0 Å². The van der Waals surface area contributed by atoms with E-state index in [0.29, 0.717) is 11.5 Å². The molecule has 0 spiro atoms. The summed E-state index contributed by atoms with van der Waals surface area (Å²) in [7, 11) is 0. The van der Waals surface area contributed by atoms with Gasteiger partial charge in [0, 0.05) is 15.8 Å². The molecule has 1 unspecified atom stereocenters. The van der Waals surface area contributed by atoms with Crippen molar-refractivity contribution in [1.29, 1.82) is 0 Å². The Morgan fingerprint density at radius 1 is 1.43 bits per heavy atom. The first-order valence-electron chi connectivity index (χ1n) is 7.31. The van der Waals surface area contributed by atoms with Gasteiger partial charge in [0.15, 0.2) is 0 Å². The lowest BCUT2D eigenvalue weighted by molar-refractivity contribution is 0.0932. The molecule has 2 aromatic heterocycles. The highest BCUT2D eigenvalue weighted by atomic mass is 127. The molecule has 1 aliphatic carbocycles. The van der Waals surface area contributed by atoms with E-state index in [1.54, 1.807) is 11.3 Å². The average molecular weight is 458 g/mol. The summed E-state index contributed by atoms with van der Waals surface area (Å²) in [5.74, 6) is 0.429. The van der Waals surface area contributed by atoms with Crippen LogP contribution in [0.25, 0.3) is 10.9 Å². The molecule has 2 heterocycles.